The smallest absolute Gasteiger partial charge is 0.320 e. The second-order valence-corrected chi connectivity index (χ2v) is 5.38. The predicted octanol–water partition coefficient (Wildman–Crippen LogP) is 2.86. The summed E-state index contributed by atoms with van der Waals surface area (Å²) in [6.45, 7) is 5.89. The first kappa shape index (κ1) is 16.0. The molecule has 1 heterocycles. The van der Waals surface area contributed by atoms with Crippen molar-refractivity contribution in [1.82, 2.24) is 10.3 Å². The van der Waals surface area contributed by atoms with Gasteiger partial charge in [0, 0.05) is 12.2 Å². The predicted molar refractivity (Wildman–Crippen MR) is 86.9 cm³/mol. The van der Waals surface area contributed by atoms with Crippen molar-refractivity contribution in [3.63, 3.8) is 0 Å². The number of hydrogen-bond donors (Lipinski definition) is 3. The molecule has 0 aliphatic carbocycles. The molecular weight excluding hydrogens is 278 g/mol. The van der Waals surface area contributed by atoms with Crippen LogP contribution in [0.15, 0.2) is 36.4 Å². The van der Waals surface area contributed by atoms with Crippen molar-refractivity contribution < 1.29 is 9.90 Å². The molecule has 5 nitrogen and oxygen atoms in total. The van der Waals surface area contributed by atoms with Crippen LogP contribution in [0.25, 0.3) is 0 Å². The Morgan fingerprint density at radius 2 is 1.95 bits per heavy atom. The van der Waals surface area contributed by atoms with Crippen molar-refractivity contribution in [3.8, 4) is 0 Å². The molecule has 0 aliphatic rings. The molecule has 1 unspecified atom stereocenters. The summed E-state index contributed by atoms with van der Waals surface area (Å²) in [5.74, 6) is 0.500. The number of nitrogens with one attached hydrogen (secondary N) is 2. The molecule has 2 amide bonds. The van der Waals surface area contributed by atoms with Gasteiger partial charge in [0.25, 0.3) is 0 Å². The van der Waals surface area contributed by atoms with E-state index in [2.05, 4.69) is 15.6 Å². The molecule has 3 N–H and O–H groups in total. The highest BCUT2D eigenvalue weighted by Gasteiger charge is 2.11. The van der Waals surface area contributed by atoms with Gasteiger partial charge < -0.3 is 10.4 Å². The summed E-state index contributed by atoms with van der Waals surface area (Å²) < 4.78 is 0. The van der Waals surface area contributed by atoms with E-state index in [9.17, 15) is 9.90 Å². The zero-order chi connectivity index (χ0) is 16.1. The Morgan fingerprint density at radius 1 is 1.23 bits per heavy atom. The average molecular weight is 299 g/mol. The highest BCUT2D eigenvalue weighted by molar-refractivity contribution is 5.88. The zero-order valence-electron chi connectivity index (χ0n) is 13.1. The summed E-state index contributed by atoms with van der Waals surface area (Å²) in [6.07, 6.45) is -0.737. The maximum atomic E-state index is 11.9. The Balaban J connectivity index is 1.91. The maximum Gasteiger partial charge on any atom is 0.320 e. The van der Waals surface area contributed by atoms with E-state index in [0.717, 1.165) is 22.4 Å². The van der Waals surface area contributed by atoms with Crippen molar-refractivity contribution in [2.24, 2.45) is 0 Å². The Morgan fingerprint density at radius 3 is 2.64 bits per heavy atom. The van der Waals surface area contributed by atoms with Gasteiger partial charge in [-0.2, -0.15) is 0 Å². The number of hydrogen-bond acceptors (Lipinski definition) is 3. The molecule has 2 aromatic rings. The van der Waals surface area contributed by atoms with Crippen LogP contribution >= 0.6 is 0 Å². The Hall–Kier alpha value is -2.40. The number of amides is 2. The molecule has 0 saturated heterocycles. The lowest BCUT2D eigenvalue weighted by Gasteiger charge is -2.15. The number of pyridine rings is 1. The molecule has 0 fully saturated rings. The van der Waals surface area contributed by atoms with Gasteiger partial charge in [-0.25, -0.2) is 9.78 Å². The van der Waals surface area contributed by atoms with Crippen molar-refractivity contribution >= 4 is 11.8 Å². The first-order valence-electron chi connectivity index (χ1n) is 7.19. The van der Waals surface area contributed by atoms with Gasteiger partial charge in [-0.15, -0.1) is 0 Å². The number of nitrogens with zero attached hydrogens (tertiary/aromatic N) is 1. The number of aromatic nitrogens is 1. The van der Waals surface area contributed by atoms with E-state index < -0.39 is 6.10 Å². The quantitative estimate of drug-likeness (QED) is 0.812. The molecule has 1 aromatic heterocycles. The van der Waals surface area contributed by atoms with Crippen LogP contribution in [0.1, 0.15) is 28.5 Å². The summed E-state index contributed by atoms with van der Waals surface area (Å²) in [5, 5.41) is 15.5. The molecule has 0 saturated carbocycles. The molecule has 22 heavy (non-hydrogen) atoms. The third-order valence-corrected chi connectivity index (χ3v) is 3.34. The third-order valence-electron chi connectivity index (χ3n) is 3.34. The van der Waals surface area contributed by atoms with Crippen molar-refractivity contribution in [2.45, 2.75) is 26.9 Å². The lowest BCUT2D eigenvalue weighted by Crippen LogP contribution is -2.32. The van der Waals surface area contributed by atoms with Crippen LogP contribution in [0.3, 0.4) is 0 Å². The molecule has 0 aliphatic heterocycles. The normalized spacial score (nSPS) is 11.8. The van der Waals surface area contributed by atoms with Crippen LogP contribution in [0.2, 0.25) is 0 Å². The number of aliphatic hydroxyl groups excluding tert-OH is 1. The van der Waals surface area contributed by atoms with Gasteiger partial charge in [0.05, 0.1) is 6.10 Å². The summed E-state index contributed by atoms with van der Waals surface area (Å²) >= 11 is 0. The fraction of sp³-hybridized carbons (Fsp3) is 0.294. The first-order valence-corrected chi connectivity index (χ1v) is 7.19. The molecule has 0 spiro atoms. The standard InChI is InChI=1S/C17H21N3O2/c1-11-8-13(3)19-16(9-11)20-17(22)18-10-15(21)14-7-5-4-6-12(14)2/h4-9,15,21H,10H2,1-3H3,(H2,18,19,20,22). The van der Waals surface area contributed by atoms with Gasteiger partial charge in [-0.05, 0) is 49.6 Å². The molecule has 2 rings (SSSR count). The number of urea groups is 1. The van der Waals surface area contributed by atoms with Crippen molar-refractivity contribution in [3.05, 3.63) is 58.8 Å². The van der Waals surface area contributed by atoms with Gasteiger partial charge in [-0.3, -0.25) is 5.32 Å². The van der Waals surface area contributed by atoms with Gasteiger partial charge >= 0.3 is 6.03 Å². The minimum absolute atomic E-state index is 0.140. The van der Waals surface area contributed by atoms with Crippen LogP contribution < -0.4 is 10.6 Å². The van der Waals surface area contributed by atoms with Crippen molar-refractivity contribution in [1.29, 1.82) is 0 Å². The number of aliphatic hydroxyl groups is 1. The van der Waals surface area contributed by atoms with Crippen LogP contribution in [0.4, 0.5) is 10.6 Å². The van der Waals surface area contributed by atoms with Crippen LogP contribution in [0.5, 0.6) is 0 Å². The van der Waals surface area contributed by atoms with Crippen LogP contribution in [-0.2, 0) is 0 Å². The second-order valence-electron chi connectivity index (χ2n) is 5.38. The minimum Gasteiger partial charge on any atom is -0.387 e. The molecule has 0 bridgehead atoms. The Bertz CT molecular complexity index is 650. The van der Waals surface area contributed by atoms with E-state index in [0.29, 0.717) is 5.82 Å². The number of rotatable bonds is 4. The van der Waals surface area contributed by atoms with E-state index in [-0.39, 0.29) is 12.6 Å². The first-order chi connectivity index (χ1) is 10.5. The number of carbonyl (C=O) groups is 1. The topological polar surface area (TPSA) is 74.2 Å². The van der Waals surface area contributed by atoms with E-state index >= 15 is 0 Å². The van der Waals surface area contributed by atoms with E-state index in [1.807, 2.05) is 51.1 Å². The summed E-state index contributed by atoms with van der Waals surface area (Å²) in [4.78, 5) is 16.1. The van der Waals surface area contributed by atoms with Gasteiger partial charge in [-0.1, -0.05) is 24.3 Å². The fourth-order valence-corrected chi connectivity index (χ4v) is 2.33. The van der Waals surface area contributed by atoms with Gasteiger partial charge in [0.15, 0.2) is 0 Å². The number of anilines is 1. The maximum absolute atomic E-state index is 11.9. The van der Waals surface area contributed by atoms with Gasteiger partial charge in [0.1, 0.15) is 5.82 Å². The minimum atomic E-state index is -0.737. The number of carbonyl (C=O) groups excluding carboxylic acids is 1. The molecule has 1 aromatic carbocycles. The highest BCUT2D eigenvalue weighted by Crippen LogP contribution is 2.16. The zero-order valence-corrected chi connectivity index (χ0v) is 13.1. The van der Waals surface area contributed by atoms with Gasteiger partial charge in [0.2, 0.25) is 0 Å². The van der Waals surface area contributed by atoms with Crippen molar-refractivity contribution in [2.75, 3.05) is 11.9 Å². The molecule has 1 atom stereocenters. The summed E-state index contributed by atoms with van der Waals surface area (Å²) in [5.41, 5.74) is 3.68. The summed E-state index contributed by atoms with van der Waals surface area (Å²) in [7, 11) is 0. The molecule has 0 radical (unpaired) electrons. The lowest BCUT2D eigenvalue weighted by molar-refractivity contribution is 0.174. The Kier molecular flexibility index (Phi) is 5.12. The van der Waals surface area contributed by atoms with E-state index in [1.54, 1.807) is 6.07 Å². The second kappa shape index (κ2) is 7.04. The fourth-order valence-electron chi connectivity index (χ4n) is 2.33. The number of aryl methyl sites for hydroxylation is 3. The van der Waals surface area contributed by atoms with E-state index in [1.165, 1.54) is 0 Å². The average Bonchev–Trinajstić information content (AvgIpc) is 2.44. The molecule has 5 heteroatoms. The highest BCUT2D eigenvalue weighted by atomic mass is 16.3. The van der Waals surface area contributed by atoms with Crippen LogP contribution in [0, 0.1) is 20.8 Å². The van der Waals surface area contributed by atoms with E-state index in [4.69, 9.17) is 0 Å². The van der Waals surface area contributed by atoms with Crippen LogP contribution in [-0.4, -0.2) is 22.7 Å². The number of benzene rings is 1. The SMILES string of the molecule is Cc1cc(C)nc(NC(=O)NCC(O)c2ccccc2C)c1. The Labute approximate surface area is 130 Å². The largest absolute Gasteiger partial charge is 0.387 e. The monoisotopic (exact) mass is 299 g/mol. The molecular formula is C17H21N3O2. The lowest BCUT2D eigenvalue weighted by atomic mass is 10.0. The molecule has 116 valence electrons. The summed E-state index contributed by atoms with van der Waals surface area (Å²) in [6, 6.07) is 10.9. The third kappa shape index (κ3) is 4.30.